The fourth-order valence-electron chi connectivity index (χ4n) is 2.57. The van der Waals surface area contributed by atoms with Gasteiger partial charge in [0.15, 0.2) is 0 Å². The number of amides is 1. The fourth-order valence-corrected chi connectivity index (χ4v) is 2.77. The topological polar surface area (TPSA) is 49.3 Å². The predicted octanol–water partition coefficient (Wildman–Crippen LogP) is 3.41. The summed E-state index contributed by atoms with van der Waals surface area (Å²) in [6.45, 7) is 2.52. The lowest BCUT2D eigenvalue weighted by molar-refractivity contribution is -0.118. The smallest absolute Gasteiger partial charge is 0.244 e. The summed E-state index contributed by atoms with van der Waals surface area (Å²) in [6.07, 6.45) is 6.74. The van der Waals surface area contributed by atoms with Crippen LogP contribution in [0.5, 0.6) is 0 Å². The van der Waals surface area contributed by atoms with Crippen LogP contribution in [0.1, 0.15) is 38.2 Å². The number of benzene rings is 1. The second kappa shape index (κ2) is 7.10. The van der Waals surface area contributed by atoms with E-state index >= 15 is 0 Å². The van der Waals surface area contributed by atoms with Crippen molar-refractivity contribution >= 4 is 23.6 Å². The zero-order chi connectivity index (χ0) is 15.3. The minimum Gasteiger partial charge on any atom is -0.388 e. The van der Waals surface area contributed by atoms with Crippen molar-refractivity contribution in [2.24, 2.45) is 5.92 Å². The number of nitrogens with one attached hydrogen (secondary N) is 1. The van der Waals surface area contributed by atoms with Gasteiger partial charge in [0.05, 0.1) is 5.60 Å². The number of halogens is 1. The van der Waals surface area contributed by atoms with Crippen LogP contribution in [-0.2, 0) is 4.79 Å². The van der Waals surface area contributed by atoms with Crippen molar-refractivity contribution in [1.82, 2.24) is 5.32 Å². The molecule has 0 saturated heterocycles. The quantitative estimate of drug-likeness (QED) is 0.838. The zero-order valence-corrected chi connectivity index (χ0v) is 13.1. The third-order valence-electron chi connectivity index (χ3n) is 4.07. The Morgan fingerprint density at radius 2 is 2.19 bits per heavy atom. The molecule has 0 bridgehead atoms. The van der Waals surface area contributed by atoms with Crippen LogP contribution in [0.2, 0.25) is 5.02 Å². The molecule has 0 radical (unpaired) electrons. The molecule has 1 aromatic rings. The van der Waals surface area contributed by atoms with Gasteiger partial charge in [-0.05, 0) is 55.4 Å². The number of hydrogen-bond acceptors (Lipinski definition) is 2. The van der Waals surface area contributed by atoms with E-state index in [1.807, 2.05) is 12.1 Å². The molecule has 4 heteroatoms. The van der Waals surface area contributed by atoms with Gasteiger partial charge in [0.25, 0.3) is 0 Å². The van der Waals surface area contributed by atoms with Crippen LogP contribution in [0, 0.1) is 5.92 Å². The van der Waals surface area contributed by atoms with Gasteiger partial charge in [-0.15, -0.1) is 0 Å². The highest BCUT2D eigenvalue weighted by Gasteiger charge is 2.31. The molecule has 3 nitrogen and oxygen atoms in total. The van der Waals surface area contributed by atoms with Gasteiger partial charge in [0, 0.05) is 17.6 Å². The average Bonchev–Trinajstić information content (AvgIpc) is 2.47. The number of rotatable bonds is 4. The molecule has 2 N–H and O–H groups in total. The lowest BCUT2D eigenvalue weighted by Gasteiger charge is -2.34. The van der Waals surface area contributed by atoms with Gasteiger partial charge < -0.3 is 10.4 Å². The Bertz CT molecular complexity index is 519. The number of carbonyl (C=O) groups excluding carboxylic acids is 1. The van der Waals surface area contributed by atoms with Crippen LogP contribution in [0.25, 0.3) is 6.08 Å². The van der Waals surface area contributed by atoms with Crippen LogP contribution < -0.4 is 5.32 Å². The van der Waals surface area contributed by atoms with E-state index < -0.39 is 5.60 Å². The molecule has 21 heavy (non-hydrogen) atoms. The SMILES string of the molecule is CC1CCC(O)(CNC(=O)C=Cc2cccc(Cl)c2)CC1. The van der Waals surface area contributed by atoms with Gasteiger partial charge in [-0.2, -0.15) is 0 Å². The fraction of sp³-hybridized carbons (Fsp3) is 0.471. The number of carbonyl (C=O) groups is 1. The van der Waals surface area contributed by atoms with Crippen LogP contribution in [0.15, 0.2) is 30.3 Å². The summed E-state index contributed by atoms with van der Waals surface area (Å²) < 4.78 is 0. The highest BCUT2D eigenvalue weighted by Crippen LogP contribution is 2.31. The van der Waals surface area contributed by atoms with Gasteiger partial charge in [-0.1, -0.05) is 30.7 Å². The second-order valence-corrected chi connectivity index (χ2v) is 6.45. The average molecular weight is 308 g/mol. The third-order valence-corrected chi connectivity index (χ3v) is 4.31. The summed E-state index contributed by atoms with van der Waals surface area (Å²) >= 11 is 5.89. The summed E-state index contributed by atoms with van der Waals surface area (Å²) in [5, 5.41) is 13.8. The van der Waals surface area contributed by atoms with Gasteiger partial charge in [-0.3, -0.25) is 4.79 Å². The second-order valence-electron chi connectivity index (χ2n) is 6.01. The molecule has 0 unspecified atom stereocenters. The van der Waals surface area contributed by atoms with E-state index in [0.29, 0.717) is 17.5 Å². The van der Waals surface area contributed by atoms with Crippen LogP contribution in [0.4, 0.5) is 0 Å². The summed E-state index contributed by atoms with van der Waals surface area (Å²) in [7, 11) is 0. The van der Waals surface area contributed by atoms with Crippen LogP contribution in [0.3, 0.4) is 0 Å². The maximum Gasteiger partial charge on any atom is 0.244 e. The monoisotopic (exact) mass is 307 g/mol. The van der Waals surface area contributed by atoms with Crippen molar-refractivity contribution < 1.29 is 9.90 Å². The highest BCUT2D eigenvalue weighted by atomic mass is 35.5. The molecule has 0 aromatic heterocycles. The first kappa shape index (κ1) is 16.1. The summed E-state index contributed by atoms with van der Waals surface area (Å²) in [4.78, 5) is 11.8. The molecule has 1 aliphatic rings. The lowest BCUT2D eigenvalue weighted by Crippen LogP contribution is -2.44. The molecule has 0 atom stereocenters. The molecular weight excluding hydrogens is 286 g/mol. The standard InChI is InChI=1S/C17H22ClNO2/c1-13-7-9-17(21,10-8-13)12-19-16(20)6-5-14-3-2-4-15(18)11-14/h2-6,11,13,21H,7-10,12H2,1H3,(H,19,20). The first-order valence-electron chi connectivity index (χ1n) is 7.41. The van der Waals surface area contributed by atoms with E-state index in [4.69, 9.17) is 11.6 Å². The number of aliphatic hydroxyl groups is 1. The largest absolute Gasteiger partial charge is 0.388 e. The van der Waals surface area contributed by atoms with E-state index in [1.165, 1.54) is 6.08 Å². The Balaban J connectivity index is 1.82. The van der Waals surface area contributed by atoms with E-state index in [0.717, 1.165) is 31.2 Å². The maximum absolute atomic E-state index is 11.8. The maximum atomic E-state index is 11.8. The molecule has 114 valence electrons. The Labute approximate surface area is 131 Å². The Hall–Kier alpha value is -1.32. The third kappa shape index (κ3) is 5.18. The molecular formula is C17H22ClNO2. The van der Waals surface area contributed by atoms with Crippen molar-refractivity contribution in [2.75, 3.05) is 6.54 Å². The number of hydrogen-bond donors (Lipinski definition) is 2. The van der Waals surface area contributed by atoms with Gasteiger partial charge >= 0.3 is 0 Å². The van der Waals surface area contributed by atoms with Crippen molar-refractivity contribution in [2.45, 2.75) is 38.2 Å². The van der Waals surface area contributed by atoms with Crippen molar-refractivity contribution in [3.63, 3.8) is 0 Å². The van der Waals surface area contributed by atoms with E-state index in [2.05, 4.69) is 12.2 Å². The normalized spacial score (nSPS) is 26.0. The summed E-state index contributed by atoms with van der Waals surface area (Å²) in [6, 6.07) is 7.30. The lowest BCUT2D eigenvalue weighted by atomic mass is 9.79. The molecule has 0 heterocycles. The Morgan fingerprint density at radius 1 is 1.48 bits per heavy atom. The highest BCUT2D eigenvalue weighted by molar-refractivity contribution is 6.30. The molecule has 2 rings (SSSR count). The van der Waals surface area contributed by atoms with Crippen molar-refractivity contribution in [1.29, 1.82) is 0 Å². The van der Waals surface area contributed by atoms with Gasteiger partial charge in [-0.25, -0.2) is 0 Å². The van der Waals surface area contributed by atoms with E-state index in [9.17, 15) is 9.90 Å². The minimum atomic E-state index is -0.744. The predicted molar refractivity (Wildman–Crippen MR) is 86.1 cm³/mol. The van der Waals surface area contributed by atoms with Crippen LogP contribution >= 0.6 is 11.6 Å². The minimum absolute atomic E-state index is 0.193. The first-order chi connectivity index (χ1) is 9.97. The van der Waals surface area contributed by atoms with Crippen LogP contribution in [-0.4, -0.2) is 23.2 Å². The molecule has 1 amide bonds. The molecule has 1 aromatic carbocycles. The van der Waals surface area contributed by atoms with Crippen molar-refractivity contribution in [3.8, 4) is 0 Å². The van der Waals surface area contributed by atoms with Gasteiger partial charge in [0.2, 0.25) is 5.91 Å². The molecule has 1 saturated carbocycles. The van der Waals surface area contributed by atoms with Gasteiger partial charge in [0.1, 0.15) is 0 Å². The Morgan fingerprint density at radius 3 is 2.86 bits per heavy atom. The first-order valence-corrected chi connectivity index (χ1v) is 7.78. The summed E-state index contributed by atoms with van der Waals surface area (Å²) in [5.41, 5.74) is 0.134. The Kier molecular flexibility index (Phi) is 5.43. The van der Waals surface area contributed by atoms with Crippen molar-refractivity contribution in [3.05, 3.63) is 40.9 Å². The molecule has 0 spiro atoms. The van der Waals surface area contributed by atoms with E-state index in [-0.39, 0.29) is 5.91 Å². The molecule has 1 fully saturated rings. The molecule has 1 aliphatic carbocycles. The molecule has 0 aliphatic heterocycles. The summed E-state index contributed by atoms with van der Waals surface area (Å²) in [5.74, 6) is 0.478. The van der Waals surface area contributed by atoms with E-state index in [1.54, 1.807) is 18.2 Å². The zero-order valence-electron chi connectivity index (χ0n) is 12.3.